The second kappa shape index (κ2) is 6.05. The standard InChI is InChI=1S/C15H15BrN2O3/c1-20-13-7-12(16)14(21-2)6-11(13)15(19)8-3-9(17)5-10(18)4-8/h3-7H,17-18H2,1-2H3. The minimum atomic E-state index is -0.239. The minimum Gasteiger partial charge on any atom is -0.496 e. The Morgan fingerprint density at radius 2 is 1.52 bits per heavy atom. The Bertz CT molecular complexity index is 681. The minimum absolute atomic E-state index is 0.239. The van der Waals surface area contributed by atoms with Crippen LogP contribution < -0.4 is 20.9 Å². The summed E-state index contributed by atoms with van der Waals surface area (Å²) in [6, 6.07) is 8.04. The van der Waals surface area contributed by atoms with Crippen molar-refractivity contribution in [1.29, 1.82) is 0 Å². The third kappa shape index (κ3) is 3.11. The van der Waals surface area contributed by atoms with Gasteiger partial charge in [0, 0.05) is 16.9 Å². The molecule has 0 saturated heterocycles. The zero-order valence-corrected chi connectivity index (χ0v) is 13.2. The van der Waals surface area contributed by atoms with E-state index in [1.54, 1.807) is 30.3 Å². The number of ether oxygens (including phenoxy) is 2. The molecule has 0 saturated carbocycles. The average Bonchev–Trinajstić information content (AvgIpc) is 2.45. The monoisotopic (exact) mass is 350 g/mol. The van der Waals surface area contributed by atoms with Crippen LogP contribution in [0.25, 0.3) is 0 Å². The summed E-state index contributed by atoms with van der Waals surface area (Å²) in [7, 11) is 3.03. The highest BCUT2D eigenvalue weighted by atomic mass is 79.9. The van der Waals surface area contributed by atoms with Crippen molar-refractivity contribution in [3.63, 3.8) is 0 Å². The molecule has 0 aliphatic rings. The largest absolute Gasteiger partial charge is 0.496 e. The van der Waals surface area contributed by atoms with Gasteiger partial charge in [-0.25, -0.2) is 0 Å². The van der Waals surface area contributed by atoms with Gasteiger partial charge in [0.05, 0.1) is 24.3 Å². The van der Waals surface area contributed by atoms with Gasteiger partial charge in [-0.15, -0.1) is 0 Å². The number of nitrogens with two attached hydrogens (primary N) is 2. The van der Waals surface area contributed by atoms with E-state index in [1.165, 1.54) is 14.2 Å². The van der Waals surface area contributed by atoms with Gasteiger partial charge in [0.25, 0.3) is 0 Å². The van der Waals surface area contributed by atoms with Crippen molar-refractivity contribution in [2.45, 2.75) is 0 Å². The predicted molar refractivity (Wildman–Crippen MR) is 85.9 cm³/mol. The summed E-state index contributed by atoms with van der Waals surface area (Å²) in [5.41, 5.74) is 13.1. The van der Waals surface area contributed by atoms with E-state index in [9.17, 15) is 4.79 Å². The molecule has 2 aromatic carbocycles. The van der Waals surface area contributed by atoms with Crippen molar-refractivity contribution in [3.05, 3.63) is 45.9 Å². The molecule has 21 heavy (non-hydrogen) atoms. The van der Waals surface area contributed by atoms with Crippen molar-refractivity contribution >= 4 is 33.1 Å². The molecule has 0 aliphatic carbocycles. The molecule has 2 rings (SSSR count). The molecule has 0 bridgehead atoms. The number of nitrogen functional groups attached to an aromatic ring is 2. The Morgan fingerprint density at radius 1 is 0.952 bits per heavy atom. The van der Waals surface area contributed by atoms with Gasteiger partial charge in [0.15, 0.2) is 5.78 Å². The maximum Gasteiger partial charge on any atom is 0.197 e. The van der Waals surface area contributed by atoms with Gasteiger partial charge in [-0.1, -0.05) is 0 Å². The van der Waals surface area contributed by atoms with Crippen molar-refractivity contribution in [1.82, 2.24) is 0 Å². The molecule has 0 atom stereocenters. The lowest BCUT2D eigenvalue weighted by molar-refractivity contribution is 0.103. The van der Waals surface area contributed by atoms with Crippen LogP contribution in [0.4, 0.5) is 11.4 Å². The van der Waals surface area contributed by atoms with E-state index in [0.717, 1.165) is 0 Å². The molecule has 5 nitrogen and oxygen atoms in total. The Labute approximate surface area is 131 Å². The number of methoxy groups -OCH3 is 2. The van der Waals surface area contributed by atoms with E-state index in [1.807, 2.05) is 0 Å². The van der Waals surface area contributed by atoms with Crippen LogP contribution >= 0.6 is 15.9 Å². The molecule has 4 N–H and O–H groups in total. The fourth-order valence-corrected chi connectivity index (χ4v) is 2.49. The summed E-state index contributed by atoms with van der Waals surface area (Å²) in [4.78, 5) is 12.6. The number of rotatable bonds is 4. The van der Waals surface area contributed by atoms with Gasteiger partial charge in [-0.2, -0.15) is 0 Å². The van der Waals surface area contributed by atoms with Crippen molar-refractivity contribution in [2.24, 2.45) is 0 Å². The Kier molecular flexibility index (Phi) is 4.37. The number of halogens is 1. The van der Waals surface area contributed by atoms with E-state index in [0.29, 0.717) is 38.5 Å². The summed E-state index contributed by atoms with van der Waals surface area (Å²) in [5.74, 6) is 0.737. The second-order valence-corrected chi connectivity index (χ2v) is 5.26. The highest BCUT2D eigenvalue weighted by Gasteiger charge is 2.18. The van der Waals surface area contributed by atoms with E-state index >= 15 is 0 Å². The summed E-state index contributed by atoms with van der Waals surface area (Å²) in [5, 5.41) is 0. The molecule has 0 aliphatic heterocycles. The fourth-order valence-electron chi connectivity index (χ4n) is 2.00. The summed E-state index contributed by atoms with van der Waals surface area (Å²) >= 11 is 3.35. The van der Waals surface area contributed by atoms with Gasteiger partial charge in [0.2, 0.25) is 0 Å². The molecule has 0 radical (unpaired) electrons. The number of carbonyl (C=O) groups is 1. The molecule has 0 spiro atoms. The van der Waals surface area contributed by atoms with Crippen LogP contribution in [-0.2, 0) is 0 Å². The SMILES string of the molecule is COc1cc(C(=O)c2cc(N)cc(N)c2)c(OC)cc1Br. The van der Waals surface area contributed by atoms with Crippen LogP contribution in [0, 0.1) is 0 Å². The van der Waals surface area contributed by atoms with Crippen molar-refractivity contribution < 1.29 is 14.3 Å². The number of carbonyl (C=O) groups excluding carboxylic acids is 1. The summed E-state index contributed by atoms with van der Waals surface area (Å²) < 4.78 is 11.2. The Hall–Kier alpha value is -2.21. The lowest BCUT2D eigenvalue weighted by Gasteiger charge is -2.12. The van der Waals surface area contributed by atoms with Crippen LogP contribution in [-0.4, -0.2) is 20.0 Å². The lowest BCUT2D eigenvalue weighted by atomic mass is 10.0. The van der Waals surface area contributed by atoms with Crippen molar-refractivity contribution in [3.8, 4) is 11.5 Å². The molecule has 0 unspecified atom stereocenters. The highest BCUT2D eigenvalue weighted by molar-refractivity contribution is 9.10. The molecule has 0 heterocycles. The third-order valence-electron chi connectivity index (χ3n) is 2.96. The number of anilines is 2. The first kappa shape index (κ1) is 15.2. The van der Waals surface area contributed by atoms with Gasteiger partial charge in [-0.3, -0.25) is 4.79 Å². The van der Waals surface area contributed by atoms with Crippen LogP contribution in [0.3, 0.4) is 0 Å². The zero-order valence-electron chi connectivity index (χ0n) is 11.6. The molecule has 0 aromatic heterocycles. The zero-order chi connectivity index (χ0) is 15.6. The predicted octanol–water partition coefficient (Wildman–Crippen LogP) is 2.86. The topological polar surface area (TPSA) is 87.6 Å². The first-order valence-electron chi connectivity index (χ1n) is 6.08. The molecule has 2 aromatic rings. The molecule has 6 heteroatoms. The van der Waals surface area contributed by atoms with Crippen LogP contribution in [0.2, 0.25) is 0 Å². The van der Waals surface area contributed by atoms with Gasteiger partial charge in [0.1, 0.15) is 11.5 Å². The molecular formula is C15H15BrN2O3. The summed E-state index contributed by atoms with van der Waals surface area (Å²) in [6.07, 6.45) is 0. The van der Waals surface area contributed by atoms with Crippen LogP contribution in [0.5, 0.6) is 11.5 Å². The number of ketones is 1. The molecule has 0 fully saturated rings. The van der Waals surface area contributed by atoms with Crippen LogP contribution in [0.1, 0.15) is 15.9 Å². The Morgan fingerprint density at radius 3 is 2.05 bits per heavy atom. The first-order valence-corrected chi connectivity index (χ1v) is 6.87. The van der Waals surface area contributed by atoms with E-state index < -0.39 is 0 Å². The number of benzene rings is 2. The third-order valence-corrected chi connectivity index (χ3v) is 3.58. The van der Waals surface area contributed by atoms with Gasteiger partial charge < -0.3 is 20.9 Å². The molecular weight excluding hydrogens is 336 g/mol. The number of hydrogen-bond donors (Lipinski definition) is 2. The van der Waals surface area contributed by atoms with Gasteiger partial charge in [-0.05, 0) is 46.3 Å². The maximum absolute atomic E-state index is 12.6. The maximum atomic E-state index is 12.6. The molecule has 110 valence electrons. The average molecular weight is 351 g/mol. The van der Waals surface area contributed by atoms with Crippen molar-refractivity contribution in [2.75, 3.05) is 25.7 Å². The van der Waals surface area contributed by atoms with Crippen LogP contribution in [0.15, 0.2) is 34.8 Å². The highest BCUT2D eigenvalue weighted by Crippen LogP contribution is 2.34. The normalized spacial score (nSPS) is 10.2. The van der Waals surface area contributed by atoms with Gasteiger partial charge >= 0.3 is 0 Å². The lowest BCUT2D eigenvalue weighted by Crippen LogP contribution is -2.06. The fraction of sp³-hybridized carbons (Fsp3) is 0.133. The van der Waals surface area contributed by atoms with E-state index in [-0.39, 0.29) is 5.78 Å². The number of hydrogen-bond acceptors (Lipinski definition) is 5. The first-order chi connectivity index (χ1) is 9.96. The summed E-state index contributed by atoms with van der Waals surface area (Å²) in [6.45, 7) is 0. The van der Waals surface area contributed by atoms with E-state index in [4.69, 9.17) is 20.9 Å². The van der Waals surface area contributed by atoms with E-state index in [2.05, 4.69) is 15.9 Å². The second-order valence-electron chi connectivity index (χ2n) is 4.40. The quantitative estimate of drug-likeness (QED) is 0.653. The Balaban J connectivity index is 2.56. The molecule has 0 amide bonds. The smallest absolute Gasteiger partial charge is 0.197 e.